The van der Waals surface area contributed by atoms with E-state index < -0.39 is 0 Å². The molecule has 16 heavy (non-hydrogen) atoms. The van der Waals surface area contributed by atoms with Gasteiger partial charge in [-0.2, -0.15) is 5.26 Å². The molecule has 0 radical (unpaired) electrons. The Labute approximate surface area is 107 Å². The van der Waals surface area contributed by atoms with E-state index in [1.807, 2.05) is 19.9 Å². The third-order valence-corrected chi connectivity index (χ3v) is 1.66. The van der Waals surface area contributed by atoms with Gasteiger partial charge in [-0.05, 0) is 0 Å². The van der Waals surface area contributed by atoms with Crippen molar-refractivity contribution in [3.63, 3.8) is 0 Å². The molecule has 0 saturated carbocycles. The summed E-state index contributed by atoms with van der Waals surface area (Å²) in [7, 11) is 1.43. The van der Waals surface area contributed by atoms with E-state index in [2.05, 4.69) is 17.8 Å². The summed E-state index contributed by atoms with van der Waals surface area (Å²) in [4.78, 5) is 3.81. The normalized spacial score (nSPS) is 10.0. The van der Waals surface area contributed by atoms with Gasteiger partial charge in [-0.25, -0.2) is 10.2 Å². The van der Waals surface area contributed by atoms with Crippen molar-refractivity contribution in [1.29, 1.82) is 5.26 Å². The zero-order valence-corrected chi connectivity index (χ0v) is 10.9. The fourth-order valence-electron chi connectivity index (χ4n) is 0.836. The van der Waals surface area contributed by atoms with E-state index >= 15 is 0 Å². The molecule has 0 aliphatic rings. The SMILES string of the molecule is CC.COc1ncc(C#N)cc1[NH+](O)S.[Cl-]. The Bertz CT molecular complexity index is 355. The van der Waals surface area contributed by atoms with Crippen molar-refractivity contribution in [3.05, 3.63) is 17.8 Å². The minimum Gasteiger partial charge on any atom is -1.00 e. The van der Waals surface area contributed by atoms with Crippen LogP contribution in [0.25, 0.3) is 0 Å². The molecule has 1 heterocycles. The fraction of sp³-hybridized carbons (Fsp3) is 0.333. The Kier molecular flexibility index (Phi) is 10.0. The predicted octanol–water partition coefficient (Wildman–Crippen LogP) is -2.26. The quantitative estimate of drug-likeness (QED) is 0.416. The molecule has 0 spiro atoms. The van der Waals surface area contributed by atoms with Crippen LogP contribution in [0, 0.1) is 11.3 Å². The van der Waals surface area contributed by atoms with Crippen LogP contribution < -0.4 is 21.6 Å². The van der Waals surface area contributed by atoms with Gasteiger partial charge >= 0.3 is 0 Å². The lowest BCUT2D eigenvalue weighted by molar-refractivity contribution is -0.909. The van der Waals surface area contributed by atoms with Crippen molar-refractivity contribution < 1.29 is 26.8 Å². The number of pyridine rings is 1. The summed E-state index contributed by atoms with van der Waals surface area (Å²) in [5, 5.41) is 17.7. The van der Waals surface area contributed by atoms with Crippen LogP contribution in [0.3, 0.4) is 0 Å². The van der Waals surface area contributed by atoms with Gasteiger partial charge < -0.3 is 17.1 Å². The van der Waals surface area contributed by atoms with Crippen LogP contribution in [-0.2, 0) is 0 Å². The van der Waals surface area contributed by atoms with Crippen LogP contribution in [0.1, 0.15) is 19.4 Å². The van der Waals surface area contributed by atoms with Gasteiger partial charge in [0.1, 0.15) is 6.07 Å². The molecule has 0 aliphatic carbocycles. The van der Waals surface area contributed by atoms with Crippen LogP contribution in [0.15, 0.2) is 12.3 Å². The number of hydrogen-bond acceptors (Lipinski definition) is 5. The average Bonchev–Trinajstić information content (AvgIpc) is 2.30. The van der Waals surface area contributed by atoms with Gasteiger partial charge in [-0.15, -0.1) is 0 Å². The molecule has 1 atom stereocenters. The molecule has 1 unspecified atom stereocenters. The number of ether oxygens (including phenoxy) is 1. The first-order valence-electron chi connectivity index (χ1n) is 4.38. The summed E-state index contributed by atoms with van der Waals surface area (Å²) in [5.41, 5.74) is 0.654. The first-order chi connectivity index (χ1) is 7.19. The zero-order chi connectivity index (χ0) is 11.8. The fourth-order valence-corrected chi connectivity index (χ4v) is 0.996. The van der Waals surface area contributed by atoms with Gasteiger partial charge in [0.2, 0.25) is 5.69 Å². The van der Waals surface area contributed by atoms with Crippen molar-refractivity contribution in [1.82, 2.24) is 4.98 Å². The minimum atomic E-state index is -0.221. The van der Waals surface area contributed by atoms with Crippen LogP contribution in [0.5, 0.6) is 5.88 Å². The largest absolute Gasteiger partial charge is 1.00 e. The Morgan fingerprint density at radius 1 is 1.56 bits per heavy atom. The smallest absolute Gasteiger partial charge is 0.280 e. The molecule has 1 aromatic rings. The highest BCUT2D eigenvalue weighted by atomic mass is 35.5. The molecule has 1 aromatic heterocycles. The first kappa shape index (κ1) is 17.4. The number of methoxy groups -OCH3 is 1. The maximum Gasteiger partial charge on any atom is 0.280 e. The van der Waals surface area contributed by atoms with Gasteiger partial charge in [0.05, 0.1) is 25.5 Å². The Morgan fingerprint density at radius 2 is 2.12 bits per heavy atom. The highest BCUT2D eigenvalue weighted by Gasteiger charge is 2.15. The lowest BCUT2D eigenvalue weighted by Crippen LogP contribution is -3.00. The Balaban J connectivity index is 0. The lowest BCUT2D eigenvalue weighted by atomic mass is 10.3. The van der Waals surface area contributed by atoms with Gasteiger partial charge in [0.25, 0.3) is 5.88 Å². The maximum absolute atomic E-state index is 9.11. The van der Waals surface area contributed by atoms with E-state index in [1.165, 1.54) is 19.4 Å². The lowest BCUT2D eigenvalue weighted by Gasteiger charge is -2.05. The van der Waals surface area contributed by atoms with Crippen LogP contribution in [0.4, 0.5) is 5.69 Å². The number of nitriles is 1. The van der Waals surface area contributed by atoms with Crippen LogP contribution in [-0.4, -0.2) is 17.3 Å². The van der Waals surface area contributed by atoms with E-state index in [1.54, 1.807) is 0 Å². The molecule has 0 fully saturated rings. The number of hydrogen-bond donors (Lipinski definition) is 3. The molecule has 2 N–H and O–H groups in total. The number of rotatable bonds is 2. The zero-order valence-electron chi connectivity index (χ0n) is 9.23. The van der Waals surface area contributed by atoms with Gasteiger partial charge in [0, 0.05) is 12.3 Å². The monoisotopic (exact) mass is 263 g/mol. The number of quaternary nitrogens is 1. The third kappa shape index (κ3) is 4.68. The number of aromatic nitrogens is 1. The predicted molar refractivity (Wildman–Crippen MR) is 58.2 cm³/mol. The maximum atomic E-state index is 9.11. The summed E-state index contributed by atoms with van der Waals surface area (Å²) < 4.78 is 4.63. The molecule has 0 saturated heterocycles. The van der Waals surface area contributed by atoms with E-state index in [4.69, 9.17) is 15.2 Å². The Morgan fingerprint density at radius 3 is 2.50 bits per heavy atom. The second kappa shape index (κ2) is 9.24. The van der Waals surface area contributed by atoms with Crippen molar-refractivity contribution in [3.8, 4) is 11.9 Å². The summed E-state index contributed by atoms with van der Waals surface area (Å²) in [5.74, 6) is 0.242. The van der Waals surface area contributed by atoms with Gasteiger partial charge in [-0.1, -0.05) is 18.3 Å². The third-order valence-electron chi connectivity index (χ3n) is 1.41. The molecule has 90 valence electrons. The molecule has 1 rings (SSSR count). The summed E-state index contributed by atoms with van der Waals surface area (Å²) >= 11 is 3.74. The number of thiol groups is 1. The molecule has 0 aliphatic heterocycles. The number of nitrogens with zero attached hydrogens (tertiary/aromatic N) is 2. The molecule has 7 heteroatoms. The summed E-state index contributed by atoms with van der Waals surface area (Å²) in [6, 6.07) is 3.35. The van der Waals surface area contributed by atoms with Gasteiger partial charge in [0.15, 0.2) is 0 Å². The van der Waals surface area contributed by atoms with Crippen molar-refractivity contribution in [2.45, 2.75) is 13.8 Å². The van der Waals surface area contributed by atoms with E-state index in [0.29, 0.717) is 11.3 Å². The van der Waals surface area contributed by atoms with Crippen molar-refractivity contribution in [2.75, 3.05) is 7.11 Å². The number of halogens is 1. The number of nitrogens with one attached hydrogen (secondary N) is 1. The summed E-state index contributed by atoms with van der Waals surface area (Å²) in [6.07, 6.45) is 1.36. The van der Waals surface area contributed by atoms with E-state index in [0.717, 1.165) is 0 Å². The van der Waals surface area contributed by atoms with Crippen molar-refractivity contribution >= 4 is 18.5 Å². The van der Waals surface area contributed by atoms with Gasteiger partial charge in [-0.3, -0.25) is 0 Å². The molecular formula is C9H14ClN3O2S. The molecule has 0 bridgehead atoms. The summed E-state index contributed by atoms with van der Waals surface area (Å²) in [6.45, 7) is 4.00. The second-order valence-corrected chi connectivity index (χ2v) is 2.64. The van der Waals surface area contributed by atoms with Crippen LogP contribution >= 0.6 is 12.8 Å². The topological polar surface area (TPSA) is 70.6 Å². The molecule has 5 nitrogen and oxygen atoms in total. The standard InChI is InChI=1S/C7H7N3O2S.C2H6.ClH/c1-12-7-6(10(11)13)2-5(3-8)4-9-7;1-2;/h2,4,11,13H,1H3;1-2H3;1H. The average molecular weight is 264 g/mol. The van der Waals surface area contributed by atoms with Crippen molar-refractivity contribution in [2.24, 2.45) is 0 Å². The minimum absolute atomic E-state index is 0. The first-order valence-corrected chi connectivity index (χ1v) is 4.83. The molecule has 0 amide bonds. The van der Waals surface area contributed by atoms with Crippen LogP contribution in [0.2, 0.25) is 0 Å². The van der Waals surface area contributed by atoms with E-state index in [-0.39, 0.29) is 22.8 Å². The Hall–Kier alpha value is -1.00. The molecular weight excluding hydrogens is 250 g/mol. The highest BCUT2D eigenvalue weighted by Crippen LogP contribution is 2.17. The van der Waals surface area contributed by atoms with E-state index in [9.17, 15) is 0 Å². The highest BCUT2D eigenvalue weighted by molar-refractivity contribution is 7.73. The second-order valence-electron chi connectivity index (χ2n) is 2.22. The molecule has 0 aromatic carbocycles.